The lowest BCUT2D eigenvalue weighted by molar-refractivity contribution is -0.385. The maximum Gasteiger partial charge on any atom is 0.273 e. The number of benzene rings is 1. The molecule has 8 heteroatoms. The third-order valence-electron chi connectivity index (χ3n) is 4.07. The van der Waals surface area contributed by atoms with Gasteiger partial charge in [-0.15, -0.1) is 0 Å². The third kappa shape index (κ3) is 3.27. The number of rotatable bonds is 3. The fraction of sp³-hybridized carbons (Fsp3) is 0.500. The summed E-state index contributed by atoms with van der Waals surface area (Å²) >= 11 is 0. The van der Waals surface area contributed by atoms with Crippen LogP contribution in [0.4, 0.5) is 5.69 Å². The van der Waals surface area contributed by atoms with Crippen LogP contribution in [0.2, 0.25) is 0 Å². The summed E-state index contributed by atoms with van der Waals surface area (Å²) in [7, 11) is -3.09. The van der Waals surface area contributed by atoms with E-state index in [1.807, 2.05) is 0 Å². The predicted octanol–water partition coefficient (Wildman–Crippen LogP) is 1.55. The smallest absolute Gasteiger partial charge is 0.273 e. The van der Waals surface area contributed by atoms with E-state index < -0.39 is 20.0 Å². The Hall–Kier alpha value is -1.96. The summed E-state index contributed by atoms with van der Waals surface area (Å²) in [6.45, 7) is 2.24. The highest BCUT2D eigenvalue weighted by molar-refractivity contribution is 7.91. The Labute approximate surface area is 129 Å². The third-order valence-corrected chi connectivity index (χ3v) is 5.75. The molecule has 0 saturated carbocycles. The second-order valence-corrected chi connectivity index (χ2v) is 7.85. The van der Waals surface area contributed by atoms with E-state index >= 15 is 0 Å². The Morgan fingerprint density at radius 1 is 1.32 bits per heavy atom. The summed E-state index contributed by atoms with van der Waals surface area (Å²) in [5.74, 6) is -0.284. The average Bonchev–Trinajstić information content (AvgIpc) is 2.45. The topological polar surface area (TPSA) is 97.6 Å². The van der Waals surface area contributed by atoms with Gasteiger partial charge in [0.05, 0.1) is 10.2 Å². The van der Waals surface area contributed by atoms with Gasteiger partial charge in [-0.05, 0) is 25.8 Å². The molecule has 0 aromatic heterocycles. The zero-order valence-electron chi connectivity index (χ0n) is 12.5. The van der Waals surface area contributed by atoms with Crippen molar-refractivity contribution >= 4 is 21.4 Å². The SMILES string of the molecule is Cc1c(C(=O)N2CCC(S(C)(=O)=O)CC2)cccc1[N+](=O)[O-]. The van der Waals surface area contributed by atoms with Crippen molar-refractivity contribution in [1.29, 1.82) is 0 Å². The molecule has 22 heavy (non-hydrogen) atoms. The van der Waals surface area contributed by atoms with E-state index in [0.717, 1.165) is 0 Å². The first-order chi connectivity index (χ1) is 10.2. The quantitative estimate of drug-likeness (QED) is 0.620. The Kier molecular flexibility index (Phi) is 4.50. The van der Waals surface area contributed by atoms with Crippen molar-refractivity contribution < 1.29 is 18.1 Å². The van der Waals surface area contributed by atoms with Gasteiger partial charge in [-0.25, -0.2) is 8.42 Å². The van der Waals surface area contributed by atoms with Gasteiger partial charge in [0.15, 0.2) is 0 Å². The summed E-state index contributed by atoms with van der Waals surface area (Å²) in [4.78, 5) is 24.5. The van der Waals surface area contributed by atoms with Gasteiger partial charge in [-0.1, -0.05) is 6.07 Å². The molecule has 1 saturated heterocycles. The van der Waals surface area contributed by atoms with E-state index in [2.05, 4.69) is 0 Å². The van der Waals surface area contributed by atoms with Crippen molar-refractivity contribution in [2.24, 2.45) is 0 Å². The highest BCUT2D eigenvalue weighted by Gasteiger charge is 2.30. The number of amides is 1. The number of hydrogen-bond donors (Lipinski definition) is 0. The second-order valence-electron chi connectivity index (χ2n) is 5.53. The molecule has 1 amide bonds. The van der Waals surface area contributed by atoms with E-state index in [9.17, 15) is 23.3 Å². The largest absolute Gasteiger partial charge is 0.339 e. The number of carbonyl (C=O) groups excluding carboxylic acids is 1. The van der Waals surface area contributed by atoms with Crippen molar-refractivity contribution in [1.82, 2.24) is 4.90 Å². The Morgan fingerprint density at radius 2 is 1.91 bits per heavy atom. The van der Waals surface area contributed by atoms with Crippen LogP contribution in [0, 0.1) is 17.0 Å². The minimum atomic E-state index is -3.09. The van der Waals surface area contributed by atoms with Gasteiger partial charge in [0.1, 0.15) is 9.84 Å². The molecule has 0 atom stereocenters. The molecule has 1 aromatic carbocycles. The molecule has 0 spiro atoms. The maximum absolute atomic E-state index is 12.5. The normalized spacial score (nSPS) is 16.5. The monoisotopic (exact) mass is 326 g/mol. The molecule has 0 radical (unpaired) electrons. The minimum Gasteiger partial charge on any atom is -0.339 e. The predicted molar refractivity (Wildman–Crippen MR) is 81.6 cm³/mol. The Morgan fingerprint density at radius 3 is 2.41 bits per heavy atom. The number of likely N-dealkylation sites (tertiary alicyclic amines) is 1. The van der Waals surface area contributed by atoms with Crippen LogP contribution in [0.3, 0.4) is 0 Å². The molecule has 0 aliphatic carbocycles. The van der Waals surface area contributed by atoms with Crippen LogP contribution in [0.15, 0.2) is 18.2 Å². The molecular weight excluding hydrogens is 308 g/mol. The molecule has 0 unspecified atom stereocenters. The van der Waals surface area contributed by atoms with Crippen molar-refractivity contribution in [2.45, 2.75) is 25.0 Å². The first-order valence-corrected chi connectivity index (χ1v) is 8.89. The van der Waals surface area contributed by atoms with Crippen molar-refractivity contribution in [3.05, 3.63) is 39.4 Å². The Bertz CT molecular complexity index is 706. The van der Waals surface area contributed by atoms with Crippen molar-refractivity contribution in [3.8, 4) is 0 Å². The van der Waals surface area contributed by atoms with Crippen LogP contribution in [-0.2, 0) is 9.84 Å². The zero-order valence-corrected chi connectivity index (χ0v) is 13.3. The summed E-state index contributed by atoms with van der Waals surface area (Å²) in [6, 6.07) is 4.41. The fourth-order valence-corrected chi connectivity index (χ4v) is 3.78. The molecule has 1 heterocycles. The molecular formula is C14H18N2O5S. The Balaban J connectivity index is 2.17. The van der Waals surface area contributed by atoms with Crippen LogP contribution in [0.5, 0.6) is 0 Å². The minimum absolute atomic E-state index is 0.0862. The first kappa shape index (κ1) is 16.4. The van der Waals surface area contributed by atoms with Gasteiger partial charge in [0.25, 0.3) is 11.6 Å². The maximum atomic E-state index is 12.5. The standard InChI is InChI=1S/C14H18N2O5S/c1-10-12(4-3-5-13(10)16(18)19)14(17)15-8-6-11(7-9-15)22(2,20)21/h3-5,11H,6-9H2,1-2H3. The molecule has 1 aliphatic rings. The second kappa shape index (κ2) is 6.04. The fourth-order valence-electron chi connectivity index (χ4n) is 2.71. The van der Waals surface area contributed by atoms with Gasteiger partial charge in [0.2, 0.25) is 0 Å². The highest BCUT2D eigenvalue weighted by Crippen LogP contribution is 2.24. The highest BCUT2D eigenvalue weighted by atomic mass is 32.2. The summed E-state index contributed by atoms with van der Waals surface area (Å²) < 4.78 is 23.1. The van der Waals surface area contributed by atoms with E-state index in [1.165, 1.54) is 18.4 Å². The number of piperidine rings is 1. The molecule has 1 aliphatic heterocycles. The first-order valence-electron chi connectivity index (χ1n) is 6.94. The van der Waals surface area contributed by atoms with Crippen molar-refractivity contribution in [2.75, 3.05) is 19.3 Å². The average molecular weight is 326 g/mol. The molecule has 0 N–H and O–H groups in total. The lowest BCUT2D eigenvalue weighted by atomic mass is 10.0. The summed E-state index contributed by atoms with van der Waals surface area (Å²) in [6.07, 6.45) is 2.01. The molecule has 1 aromatic rings. The van der Waals surface area contributed by atoms with Gasteiger partial charge in [-0.3, -0.25) is 14.9 Å². The molecule has 7 nitrogen and oxygen atoms in total. The van der Waals surface area contributed by atoms with Crippen LogP contribution < -0.4 is 0 Å². The number of nitro benzene ring substituents is 1. The van der Waals surface area contributed by atoms with Crippen molar-refractivity contribution in [3.63, 3.8) is 0 Å². The lowest BCUT2D eigenvalue weighted by Gasteiger charge is -2.31. The molecule has 2 rings (SSSR count). The lowest BCUT2D eigenvalue weighted by Crippen LogP contribution is -2.42. The van der Waals surface area contributed by atoms with E-state index in [-0.39, 0.29) is 11.6 Å². The van der Waals surface area contributed by atoms with Crippen LogP contribution in [-0.4, -0.2) is 48.7 Å². The molecule has 0 bridgehead atoms. The van der Waals surface area contributed by atoms with E-state index in [0.29, 0.717) is 37.1 Å². The number of carbonyl (C=O) groups is 1. The number of hydrogen-bond acceptors (Lipinski definition) is 5. The van der Waals surface area contributed by atoms with Gasteiger partial charge in [-0.2, -0.15) is 0 Å². The van der Waals surface area contributed by atoms with Gasteiger partial charge < -0.3 is 4.90 Å². The summed E-state index contributed by atoms with van der Waals surface area (Å²) in [5, 5.41) is 10.5. The molecule has 120 valence electrons. The number of sulfone groups is 1. The van der Waals surface area contributed by atoms with E-state index in [1.54, 1.807) is 17.9 Å². The summed E-state index contributed by atoms with van der Waals surface area (Å²) in [5.41, 5.74) is 0.548. The van der Waals surface area contributed by atoms with Gasteiger partial charge >= 0.3 is 0 Å². The van der Waals surface area contributed by atoms with Crippen LogP contribution >= 0.6 is 0 Å². The number of nitro groups is 1. The van der Waals surface area contributed by atoms with E-state index in [4.69, 9.17) is 0 Å². The van der Waals surface area contributed by atoms with Gasteiger partial charge in [0, 0.05) is 36.5 Å². The molecule has 1 fully saturated rings. The van der Waals surface area contributed by atoms with Crippen LogP contribution in [0.1, 0.15) is 28.8 Å². The van der Waals surface area contributed by atoms with Crippen LogP contribution in [0.25, 0.3) is 0 Å². The zero-order chi connectivity index (χ0) is 16.5. The number of nitrogens with zero attached hydrogens (tertiary/aromatic N) is 2.